The topological polar surface area (TPSA) is 67.0 Å². The van der Waals surface area contributed by atoms with Crippen LogP contribution in [-0.2, 0) is 4.74 Å². The van der Waals surface area contributed by atoms with Crippen LogP contribution in [0.4, 0.5) is 10.6 Å². The molecule has 2 N–H and O–H groups in total. The number of alkyl halides is 1. The number of rotatable bonds is 3. The van der Waals surface area contributed by atoms with Gasteiger partial charge in [-0.25, -0.2) is 4.79 Å². The van der Waals surface area contributed by atoms with Crippen LogP contribution in [0.25, 0.3) is 0 Å². The Hall–Kier alpha value is -1.23. The highest BCUT2D eigenvalue weighted by Gasteiger charge is 2.04. The number of hydrogen-bond acceptors (Lipinski definition) is 3. The fourth-order valence-electron chi connectivity index (χ4n) is 0.754. The molecule has 0 unspecified atom stereocenters. The maximum atomic E-state index is 10.9. The van der Waals surface area contributed by atoms with Crippen LogP contribution in [0, 0.1) is 6.92 Å². The van der Waals surface area contributed by atoms with Gasteiger partial charge in [-0.15, -0.1) is 11.6 Å². The fourth-order valence-corrected chi connectivity index (χ4v) is 0.831. The van der Waals surface area contributed by atoms with E-state index in [1.54, 1.807) is 6.07 Å². The van der Waals surface area contributed by atoms with Crippen LogP contribution >= 0.6 is 11.6 Å². The molecule has 0 radical (unpaired) electrons. The molecule has 5 nitrogen and oxygen atoms in total. The van der Waals surface area contributed by atoms with Crippen molar-refractivity contribution in [1.82, 2.24) is 10.2 Å². The van der Waals surface area contributed by atoms with Crippen LogP contribution in [0.3, 0.4) is 0 Å². The maximum absolute atomic E-state index is 10.9. The Kier molecular flexibility index (Phi) is 3.57. The number of halogens is 1. The monoisotopic (exact) mass is 203 g/mol. The lowest BCUT2D eigenvalue weighted by atomic mass is 10.5. The van der Waals surface area contributed by atoms with E-state index < -0.39 is 6.09 Å². The second-order valence-electron chi connectivity index (χ2n) is 2.39. The summed E-state index contributed by atoms with van der Waals surface area (Å²) in [5, 5.41) is 8.91. The highest BCUT2D eigenvalue weighted by molar-refractivity contribution is 6.18. The van der Waals surface area contributed by atoms with Crippen molar-refractivity contribution in [2.24, 2.45) is 0 Å². The molecule has 1 amide bonds. The Morgan fingerprint density at radius 2 is 2.62 bits per heavy atom. The number of aromatic nitrogens is 2. The zero-order valence-corrected chi connectivity index (χ0v) is 7.89. The lowest BCUT2D eigenvalue weighted by molar-refractivity contribution is 0.168. The molecule has 0 saturated carbocycles. The van der Waals surface area contributed by atoms with Gasteiger partial charge in [-0.3, -0.25) is 10.4 Å². The normalized spacial score (nSPS) is 9.69. The van der Waals surface area contributed by atoms with Gasteiger partial charge < -0.3 is 4.74 Å². The van der Waals surface area contributed by atoms with Gasteiger partial charge in [0.1, 0.15) is 6.61 Å². The second kappa shape index (κ2) is 4.71. The summed E-state index contributed by atoms with van der Waals surface area (Å²) in [6.45, 7) is 2.03. The Morgan fingerprint density at radius 3 is 3.15 bits per heavy atom. The summed E-state index contributed by atoms with van der Waals surface area (Å²) in [5.74, 6) is 0.726. The molecule has 72 valence electrons. The average Bonchev–Trinajstić information content (AvgIpc) is 2.48. The molecule has 0 aromatic carbocycles. The molecule has 1 aromatic rings. The third-order valence-corrected chi connectivity index (χ3v) is 1.40. The Morgan fingerprint density at radius 1 is 1.85 bits per heavy atom. The van der Waals surface area contributed by atoms with Gasteiger partial charge in [0.2, 0.25) is 0 Å². The molecule has 1 heterocycles. The van der Waals surface area contributed by atoms with E-state index >= 15 is 0 Å². The molecular weight excluding hydrogens is 194 g/mol. The highest BCUT2D eigenvalue weighted by Crippen LogP contribution is 2.03. The number of amides is 1. The predicted molar refractivity (Wildman–Crippen MR) is 49.0 cm³/mol. The van der Waals surface area contributed by atoms with E-state index in [0.717, 1.165) is 5.69 Å². The number of nitrogens with one attached hydrogen (secondary N) is 2. The van der Waals surface area contributed by atoms with Crippen LogP contribution < -0.4 is 5.32 Å². The van der Waals surface area contributed by atoms with Gasteiger partial charge in [-0.2, -0.15) is 5.10 Å². The molecule has 1 rings (SSSR count). The van der Waals surface area contributed by atoms with Crippen molar-refractivity contribution in [1.29, 1.82) is 0 Å². The number of aryl methyl sites for hydroxylation is 1. The van der Waals surface area contributed by atoms with Crippen LogP contribution in [0.1, 0.15) is 5.69 Å². The number of carbonyl (C=O) groups excluding carboxylic acids is 1. The molecule has 0 atom stereocenters. The van der Waals surface area contributed by atoms with Gasteiger partial charge in [-0.1, -0.05) is 0 Å². The van der Waals surface area contributed by atoms with Crippen LogP contribution in [0.2, 0.25) is 0 Å². The standard InChI is InChI=1S/C7H10ClN3O2/c1-5-4-6(11-10-5)9-7(12)13-3-2-8/h4H,2-3H2,1H3,(H2,9,10,11,12). The number of H-pyrrole nitrogens is 1. The first-order valence-corrected chi connectivity index (χ1v) is 4.27. The largest absolute Gasteiger partial charge is 0.448 e. The molecular formula is C7H10ClN3O2. The molecule has 0 saturated heterocycles. The van der Waals surface area contributed by atoms with Crippen molar-refractivity contribution in [2.75, 3.05) is 17.8 Å². The summed E-state index contributed by atoms with van der Waals surface area (Å²) in [6.07, 6.45) is -0.549. The zero-order chi connectivity index (χ0) is 9.68. The Labute approximate surface area is 80.4 Å². The van der Waals surface area contributed by atoms with E-state index in [1.165, 1.54) is 0 Å². The molecule has 0 bridgehead atoms. The van der Waals surface area contributed by atoms with Crippen molar-refractivity contribution in [3.63, 3.8) is 0 Å². The Bertz CT molecular complexity index is 287. The van der Waals surface area contributed by atoms with Crippen LogP contribution in [-0.4, -0.2) is 28.8 Å². The number of ether oxygens (including phenoxy) is 1. The minimum absolute atomic E-state index is 0.191. The molecule has 13 heavy (non-hydrogen) atoms. The molecule has 0 spiro atoms. The summed E-state index contributed by atoms with van der Waals surface area (Å²) in [7, 11) is 0. The van der Waals surface area contributed by atoms with Gasteiger partial charge >= 0.3 is 6.09 Å². The first kappa shape index (κ1) is 9.85. The van der Waals surface area contributed by atoms with Gasteiger partial charge in [0.25, 0.3) is 0 Å². The minimum atomic E-state index is -0.549. The van der Waals surface area contributed by atoms with E-state index in [9.17, 15) is 4.79 Å². The van der Waals surface area contributed by atoms with Crippen molar-refractivity contribution in [3.05, 3.63) is 11.8 Å². The van der Waals surface area contributed by atoms with Crippen molar-refractivity contribution >= 4 is 23.5 Å². The molecule has 6 heteroatoms. The first-order valence-electron chi connectivity index (χ1n) is 3.74. The predicted octanol–water partition coefficient (Wildman–Crippen LogP) is 1.51. The van der Waals surface area contributed by atoms with Crippen molar-refractivity contribution in [3.8, 4) is 0 Å². The summed E-state index contributed by atoms with van der Waals surface area (Å²) >= 11 is 5.33. The number of aromatic amines is 1. The van der Waals surface area contributed by atoms with Gasteiger partial charge in [0.15, 0.2) is 5.82 Å². The zero-order valence-electron chi connectivity index (χ0n) is 7.13. The quantitative estimate of drug-likeness (QED) is 0.732. The SMILES string of the molecule is Cc1cc(NC(=O)OCCCl)n[nH]1. The smallest absolute Gasteiger partial charge is 0.412 e. The lowest BCUT2D eigenvalue weighted by Crippen LogP contribution is -2.15. The van der Waals surface area contributed by atoms with Crippen LogP contribution in [0.15, 0.2) is 6.07 Å². The van der Waals surface area contributed by atoms with Crippen LogP contribution in [0.5, 0.6) is 0 Å². The highest BCUT2D eigenvalue weighted by atomic mass is 35.5. The molecule has 0 fully saturated rings. The second-order valence-corrected chi connectivity index (χ2v) is 2.76. The molecule has 1 aromatic heterocycles. The number of hydrogen-bond donors (Lipinski definition) is 2. The minimum Gasteiger partial charge on any atom is -0.448 e. The number of nitrogens with zero attached hydrogens (tertiary/aromatic N) is 1. The molecule has 0 aliphatic rings. The number of anilines is 1. The third-order valence-electron chi connectivity index (χ3n) is 1.25. The third kappa shape index (κ3) is 3.33. The summed E-state index contributed by atoms with van der Waals surface area (Å²) < 4.78 is 4.67. The summed E-state index contributed by atoms with van der Waals surface area (Å²) in [5.41, 5.74) is 0.868. The molecule has 0 aliphatic heterocycles. The van der Waals surface area contributed by atoms with Crippen molar-refractivity contribution < 1.29 is 9.53 Å². The van der Waals surface area contributed by atoms with E-state index in [4.69, 9.17) is 11.6 Å². The van der Waals surface area contributed by atoms with Crippen molar-refractivity contribution in [2.45, 2.75) is 6.92 Å². The Balaban J connectivity index is 2.36. The van der Waals surface area contributed by atoms with E-state index in [1.807, 2.05) is 6.92 Å². The fraction of sp³-hybridized carbons (Fsp3) is 0.429. The first-order chi connectivity index (χ1) is 6.22. The van der Waals surface area contributed by atoms with E-state index in [2.05, 4.69) is 20.3 Å². The summed E-state index contributed by atoms with van der Waals surface area (Å²) in [4.78, 5) is 10.9. The van der Waals surface area contributed by atoms with Gasteiger partial charge in [0, 0.05) is 11.8 Å². The van der Waals surface area contributed by atoms with Gasteiger partial charge in [0.05, 0.1) is 5.88 Å². The maximum Gasteiger partial charge on any atom is 0.412 e. The van der Waals surface area contributed by atoms with E-state index in [0.29, 0.717) is 5.82 Å². The number of carbonyl (C=O) groups is 1. The molecule has 0 aliphatic carbocycles. The van der Waals surface area contributed by atoms with Gasteiger partial charge in [-0.05, 0) is 6.92 Å². The summed E-state index contributed by atoms with van der Waals surface area (Å²) in [6, 6.07) is 1.70. The average molecular weight is 204 g/mol. The van der Waals surface area contributed by atoms with E-state index in [-0.39, 0.29) is 12.5 Å². The lowest BCUT2D eigenvalue weighted by Gasteiger charge is -2.01.